The molecule has 4 heteroatoms. The highest BCUT2D eigenvalue weighted by Crippen LogP contribution is 2.37. The average molecular weight is 204 g/mol. The van der Waals surface area contributed by atoms with E-state index in [9.17, 15) is 4.79 Å². The van der Waals surface area contributed by atoms with Gasteiger partial charge < -0.3 is 15.4 Å². The van der Waals surface area contributed by atoms with Gasteiger partial charge in [0.15, 0.2) is 6.10 Å². The van der Waals surface area contributed by atoms with Crippen molar-refractivity contribution in [2.24, 2.45) is 5.73 Å². The first-order valence-corrected chi connectivity index (χ1v) is 5.03. The van der Waals surface area contributed by atoms with Crippen molar-refractivity contribution in [3.63, 3.8) is 0 Å². The monoisotopic (exact) mass is 204 g/mol. The lowest BCUT2D eigenvalue weighted by Crippen LogP contribution is -2.31. The third-order valence-corrected chi connectivity index (χ3v) is 3.10. The van der Waals surface area contributed by atoms with E-state index >= 15 is 0 Å². The van der Waals surface area contributed by atoms with Gasteiger partial charge in [-0.1, -0.05) is 18.2 Å². The zero-order valence-corrected chi connectivity index (χ0v) is 8.22. The number of ether oxygens (including phenoxy) is 1. The van der Waals surface area contributed by atoms with E-state index in [0.717, 1.165) is 12.1 Å². The van der Waals surface area contributed by atoms with Gasteiger partial charge in [-0.05, 0) is 18.1 Å². The summed E-state index contributed by atoms with van der Waals surface area (Å²) in [4.78, 5) is 13.3. The molecule has 0 bridgehead atoms. The second-order valence-electron chi connectivity index (χ2n) is 3.96. The minimum Gasteiger partial charge on any atom is -0.367 e. The van der Waals surface area contributed by atoms with Gasteiger partial charge in [-0.25, -0.2) is 0 Å². The van der Waals surface area contributed by atoms with Gasteiger partial charge in [0.1, 0.15) is 6.73 Å². The number of nitrogens with zero attached hydrogens (tertiary/aromatic N) is 1. The summed E-state index contributed by atoms with van der Waals surface area (Å²) in [5.74, 6) is -0.407. The van der Waals surface area contributed by atoms with Crippen molar-refractivity contribution in [3.8, 4) is 0 Å². The highest BCUT2D eigenvalue weighted by atomic mass is 16.5. The van der Waals surface area contributed by atoms with E-state index in [-0.39, 0.29) is 0 Å². The Kier molecular flexibility index (Phi) is 1.73. The largest absolute Gasteiger partial charge is 0.367 e. The van der Waals surface area contributed by atoms with Crippen LogP contribution in [0.5, 0.6) is 0 Å². The number of hydrogen-bond acceptors (Lipinski definition) is 3. The second kappa shape index (κ2) is 2.97. The predicted octanol–water partition coefficient (Wildman–Crippen LogP) is 0.282. The molecule has 3 aliphatic rings. The SMILES string of the molecule is NC(=O)C1OCN2C1=CC1=CC=CCC12. The zero-order chi connectivity index (χ0) is 10.4. The maximum Gasteiger partial charge on any atom is 0.252 e. The molecule has 4 nitrogen and oxygen atoms in total. The molecule has 0 spiro atoms. The highest BCUT2D eigenvalue weighted by molar-refractivity contribution is 5.83. The average Bonchev–Trinajstić information content (AvgIpc) is 2.74. The molecule has 1 saturated heterocycles. The lowest BCUT2D eigenvalue weighted by molar-refractivity contribution is -0.125. The minimum atomic E-state index is -0.559. The van der Waals surface area contributed by atoms with Crippen LogP contribution in [-0.4, -0.2) is 29.7 Å². The van der Waals surface area contributed by atoms with Crippen LogP contribution in [0.25, 0.3) is 0 Å². The molecule has 0 aromatic heterocycles. The van der Waals surface area contributed by atoms with Crippen molar-refractivity contribution >= 4 is 5.91 Å². The van der Waals surface area contributed by atoms with Gasteiger partial charge in [-0.2, -0.15) is 0 Å². The van der Waals surface area contributed by atoms with Crippen molar-refractivity contribution in [1.29, 1.82) is 0 Å². The number of primary amides is 1. The van der Waals surface area contributed by atoms with E-state index in [2.05, 4.69) is 17.1 Å². The molecule has 1 aliphatic carbocycles. The summed E-state index contributed by atoms with van der Waals surface area (Å²) in [6.07, 6.45) is 8.69. The van der Waals surface area contributed by atoms with Crippen molar-refractivity contribution in [2.75, 3.05) is 6.73 Å². The van der Waals surface area contributed by atoms with Gasteiger partial charge >= 0.3 is 0 Å². The summed E-state index contributed by atoms with van der Waals surface area (Å²) in [6, 6.07) is 0.342. The molecule has 2 N–H and O–H groups in total. The van der Waals surface area contributed by atoms with Crippen LogP contribution in [0.2, 0.25) is 0 Å². The number of carbonyl (C=O) groups is 1. The number of allylic oxidation sites excluding steroid dienone is 2. The smallest absolute Gasteiger partial charge is 0.252 e. The summed E-state index contributed by atoms with van der Waals surface area (Å²) in [5, 5.41) is 0. The standard InChI is InChI=1S/C11H12N2O2/c12-11(14)10-9-5-7-3-1-2-4-8(7)13(9)6-15-10/h1-3,5,8,10H,4,6H2,(H2,12,14). The first-order chi connectivity index (χ1) is 7.27. The van der Waals surface area contributed by atoms with Crippen molar-refractivity contribution in [1.82, 2.24) is 4.90 Å². The Morgan fingerprint density at radius 2 is 2.47 bits per heavy atom. The molecule has 2 aliphatic heterocycles. The molecule has 0 radical (unpaired) electrons. The summed E-state index contributed by atoms with van der Waals surface area (Å²) < 4.78 is 5.36. The number of nitrogens with two attached hydrogens (primary N) is 1. The van der Waals surface area contributed by atoms with E-state index in [0.29, 0.717) is 12.8 Å². The Hall–Kier alpha value is -1.55. The molecule has 15 heavy (non-hydrogen) atoms. The normalized spacial score (nSPS) is 32.1. The lowest BCUT2D eigenvalue weighted by atomic mass is 10.0. The maximum atomic E-state index is 11.1. The van der Waals surface area contributed by atoms with Gasteiger partial charge in [0.2, 0.25) is 0 Å². The van der Waals surface area contributed by atoms with Gasteiger partial charge in [-0.15, -0.1) is 0 Å². The molecule has 0 saturated carbocycles. The number of carbonyl (C=O) groups excluding carboxylic acids is 1. The quantitative estimate of drug-likeness (QED) is 0.667. The fourth-order valence-electron chi connectivity index (χ4n) is 2.38. The second-order valence-corrected chi connectivity index (χ2v) is 3.96. The maximum absolute atomic E-state index is 11.1. The van der Waals surface area contributed by atoms with E-state index in [1.54, 1.807) is 0 Å². The van der Waals surface area contributed by atoms with Crippen LogP contribution in [0.3, 0.4) is 0 Å². The molecule has 3 rings (SSSR count). The van der Waals surface area contributed by atoms with Crippen LogP contribution in [-0.2, 0) is 9.53 Å². The van der Waals surface area contributed by atoms with E-state index in [4.69, 9.17) is 10.5 Å². The van der Waals surface area contributed by atoms with Gasteiger partial charge in [0.25, 0.3) is 5.91 Å². The van der Waals surface area contributed by atoms with Crippen LogP contribution in [0.1, 0.15) is 6.42 Å². The fourth-order valence-corrected chi connectivity index (χ4v) is 2.38. The first-order valence-electron chi connectivity index (χ1n) is 5.03. The van der Waals surface area contributed by atoms with Crippen molar-refractivity contribution in [2.45, 2.75) is 18.6 Å². The lowest BCUT2D eigenvalue weighted by Gasteiger charge is -2.24. The molecule has 0 aromatic rings. The molecular formula is C11H12N2O2. The molecule has 2 atom stereocenters. The van der Waals surface area contributed by atoms with Crippen LogP contribution in [0, 0.1) is 0 Å². The Morgan fingerprint density at radius 3 is 3.27 bits per heavy atom. The Bertz CT molecular complexity index is 409. The van der Waals surface area contributed by atoms with E-state index in [1.165, 1.54) is 5.57 Å². The summed E-state index contributed by atoms with van der Waals surface area (Å²) in [5.41, 5.74) is 7.45. The van der Waals surface area contributed by atoms with E-state index < -0.39 is 12.0 Å². The number of hydrogen-bond donors (Lipinski definition) is 1. The van der Waals surface area contributed by atoms with E-state index in [1.807, 2.05) is 12.2 Å². The molecular weight excluding hydrogens is 192 g/mol. The number of amides is 1. The van der Waals surface area contributed by atoms with Crippen LogP contribution in [0.4, 0.5) is 0 Å². The Labute approximate surface area is 87.7 Å². The molecule has 78 valence electrons. The van der Waals surface area contributed by atoms with Crippen LogP contribution < -0.4 is 5.73 Å². The molecule has 1 amide bonds. The van der Waals surface area contributed by atoms with Crippen molar-refractivity contribution in [3.05, 3.63) is 35.6 Å². The van der Waals surface area contributed by atoms with Crippen LogP contribution >= 0.6 is 0 Å². The number of rotatable bonds is 1. The zero-order valence-electron chi connectivity index (χ0n) is 8.22. The van der Waals surface area contributed by atoms with Crippen molar-refractivity contribution < 1.29 is 9.53 Å². The Balaban J connectivity index is 1.97. The van der Waals surface area contributed by atoms with Gasteiger partial charge in [-0.3, -0.25) is 4.79 Å². The third kappa shape index (κ3) is 1.15. The van der Waals surface area contributed by atoms with Gasteiger partial charge in [0, 0.05) is 0 Å². The highest BCUT2D eigenvalue weighted by Gasteiger charge is 2.41. The minimum absolute atomic E-state index is 0.342. The van der Waals surface area contributed by atoms with Gasteiger partial charge in [0.05, 0.1) is 11.7 Å². The topological polar surface area (TPSA) is 55.6 Å². The first kappa shape index (κ1) is 8.73. The summed E-state index contributed by atoms with van der Waals surface area (Å²) in [6.45, 7) is 0.468. The molecule has 2 unspecified atom stereocenters. The Morgan fingerprint density at radius 1 is 1.60 bits per heavy atom. The third-order valence-electron chi connectivity index (χ3n) is 3.10. The fraction of sp³-hybridized carbons (Fsp3) is 0.364. The summed E-state index contributed by atoms with van der Waals surface area (Å²) >= 11 is 0. The molecule has 0 aromatic carbocycles. The summed E-state index contributed by atoms with van der Waals surface area (Å²) in [7, 11) is 0. The number of fused-ring (bicyclic) bond motifs is 3. The molecule has 2 heterocycles. The predicted molar refractivity (Wildman–Crippen MR) is 54.5 cm³/mol. The molecule has 1 fully saturated rings. The van der Waals surface area contributed by atoms with Crippen LogP contribution in [0.15, 0.2) is 35.6 Å².